The van der Waals surface area contributed by atoms with E-state index in [9.17, 15) is 34.2 Å². The summed E-state index contributed by atoms with van der Waals surface area (Å²) in [6.45, 7) is 3.48. The Balaban J connectivity index is 1.70. The summed E-state index contributed by atoms with van der Waals surface area (Å²) in [7, 11) is 8.79. The van der Waals surface area contributed by atoms with Gasteiger partial charge in [0, 0.05) is 43.0 Å². The van der Waals surface area contributed by atoms with Crippen molar-refractivity contribution in [3.05, 3.63) is 34.9 Å². The number of fused-ring (bicyclic) bond motifs is 4. The number of hydrogen-bond donors (Lipinski definition) is 3. The number of aliphatic hydroxyl groups is 1. The van der Waals surface area contributed by atoms with E-state index in [4.69, 9.17) is 5.73 Å². The Kier molecular flexibility index (Phi) is 7.28. The third-order valence-electron chi connectivity index (χ3n) is 9.51. The molecule has 3 aliphatic carbocycles. The van der Waals surface area contributed by atoms with E-state index in [1.165, 1.54) is 4.90 Å². The summed E-state index contributed by atoms with van der Waals surface area (Å²) in [6.07, 6.45) is 0.223. The lowest BCUT2D eigenvalue weighted by atomic mass is 9.52. The standard InChI is InChI=1S/C31H38N4O7/c1-7-35(6)13-14-8-9-16-17(10-14)25(36)21-18(23(16)33(2)3)11-15-12-19-24(34(4)5)27(38)22(30(32)41)29(40)31(19,42)28(39)20(15)26(21)37/h8-10,15,19-20,22,24,36,42H,7,11-13H2,1-6H3,(H2,32,41)/t15-,19-,20?,22?,24-,31-/m0/s1. The number of amides is 1. The summed E-state index contributed by atoms with van der Waals surface area (Å²) in [5.74, 6) is -10.5. The van der Waals surface area contributed by atoms with E-state index in [2.05, 4.69) is 4.90 Å². The van der Waals surface area contributed by atoms with Crippen molar-refractivity contribution in [3.8, 4) is 5.75 Å². The monoisotopic (exact) mass is 578 g/mol. The van der Waals surface area contributed by atoms with Crippen molar-refractivity contribution in [2.45, 2.75) is 38.0 Å². The molecule has 2 aromatic rings. The number of nitrogens with zero attached hydrogens (tertiary/aromatic N) is 3. The Hall–Kier alpha value is -3.67. The first-order chi connectivity index (χ1) is 19.7. The van der Waals surface area contributed by atoms with Crippen LogP contribution in [0.3, 0.4) is 0 Å². The molecule has 0 aromatic heterocycles. The lowest BCUT2D eigenvalue weighted by Gasteiger charge is -2.52. The van der Waals surface area contributed by atoms with Gasteiger partial charge in [0.25, 0.3) is 0 Å². The molecule has 0 bridgehead atoms. The van der Waals surface area contributed by atoms with Crippen LogP contribution in [0.25, 0.3) is 10.8 Å². The van der Waals surface area contributed by atoms with Gasteiger partial charge < -0.3 is 25.7 Å². The van der Waals surface area contributed by atoms with E-state index in [-0.39, 0.29) is 24.2 Å². The second kappa shape index (κ2) is 10.3. The van der Waals surface area contributed by atoms with Crippen molar-refractivity contribution in [1.29, 1.82) is 0 Å². The lowest BCUT2D eigenvalue weighted by molar-refractivity contribution is -0.181. The van der Waals surface area contributed by atoms with Crippen molar-refractivity contribution in [1.82, 2.24) is 9.80 Å². The van der Waals surface area contributed by atoms with E-state index >= 15 is 0 Å². The van der Waals surface area contributed by atoms with E-state index in [1.54, 1.807) is 14.1 Å². The van der Waals surface area contributed by atoms with Crippen LogP contribution < -0.4 is 10.6 Å². The Labute approximate surface area is 244 Å². The number of rotatable bonds is 6. The third-order valence-corrected chi connectivity index (χ3v) is 9.51. The van der Waals surface area contributed by atoms with Crippen LogP contribution in [0.2, 0.25) is 0 Å². The molecule has 2 saturated carbocycles. The van der Waals surface area contributed by atoms with Crippen molar-refractivity contribution < 1.29 is 34.2 Å². The van der Waals surface area contributed by atoms with E-state index in [0.29, 0.717) is 17.5 Å². The molecule has 5 rings (SSSR count). The smallest absolute Gasteiger partial charge is 0.235 e. The second-order valence-electron chi connectivity index (χ2n) is 12.4. The zero-order valence-electron chi connectivity index (χ0n) is 24.8. The third kappa shape index (κ3) is 4.09. The van der Waals surface area contributed by atoms with Crippen LogP contribution in [0.5, 0.6) is 5.75 Å². The van der Waals surface area contributed by atoms with Gasteiger partial charge in [-0.15, -0.1) is 0 Å². The maximum Gasteiger partial charge on any atom is 0.235 e. The summed E-state index contributed by atoms with van der Waals surface area (Å²) in [6, 6.07) is 4.62. The zero-order chi connectivity index (χ0) is 31.0. The van der Waals surface area contributed by atoms with Crippen molar-refractivity contribution in [2.75, 3.05) is 46.7 Å². The van der Waals surface area contributed by atoms with Gasteiger partial charge in [0.1, 0.15) is 5.75 Å². The van der Waals surface area contributed by atoms with Crippen LogP contribution in [-0.2, 0) is 32.1 Å². The normalized spacial score (nSPS) is 29.1. The number of primary amides is 1. The highest BCUT2D eigenvalue weighted by molar-refractivity contribution is 6.32. The number of phenolic OH excluding ortho intramolecular Hbond substituents is 1. The van der Waals surface area contributed by atoms with Gasteiger partial charge in [-0.25, -0.2) is 0 Å². The molecule has 0 aliphatic heterocycles. The Morgan fingerprint density at radius 2 is 1.71 bits per heavy atom. The van der Waals surface area contributed by atoms with Gasteiger partial charge >= 0.3 is 0 Å². The van der Waals surface area contributed by atoms with Gasteiger partial charge in [-0.1, -0.05) is 19.1 Å². The molecule has 42 heavy (non-hydrogen) atoms. The van der Waals surface area contributed by atoms with Crippen LogP contribution in [0.15, 0.2) is 18.2 Å². The first kappa shape index (κ1) is 29.8. The summed E-state index contributed by atoms with van der Waals surface area (Å²) in [4.78, 5) is 72.8. The molecule has 4 N–H and O–H groups in total. The van der Waals surface area contributed by atoms with Crippen LogP contribution in [0.4, 0.5) is 5.69 Å². The number of carbonyl (C=O) groups is 5. The van der Waals surface area contributed by atoms with Gasteiger partial charge in [-0.05, 0) is 63.6 Å². The summed E-state index contributed by atoms with van der Waals surface area (Å²) >= 11 is 0. The Bertz CT molecular complexity index is 1550. The molecule has 11 nitrogen and oxygen atoms in total. The van der Waals surface area contributed by atoms with Crippen molar-refractivity contribution in [2.24, 2.45) is 29.4 Å². The fraction of sp³-hybridized carbons (Fsp3) is 0.516. The van der Waals surface area contributed by atoms with Gasteiger partial charge in [-0.2, -0.15) is 0 Å². The Morgan fingerprint density at radius 1 is 1.05 bits per heavy atom. The molecule has 2 fully saturated rings. The maximum absolute atomic E-state index is 14.2. The molecule has 0 spiro atoms. The first-order valence-electron chi connectivity index (χ1n) is 14.2. The number of carbonyl (C=O) groups excluding carboxylic acids is 5. The average Bonchev–Trinajstić information content (AvgIpc) is 2.90. The predicted octanol–water partition coefficient (Wildman–Crippen LogP) is 0.538. The number of anilines is 1. The summed E-state index contributed by atoms with van der Waals surface area (Å²) in [5.41, 5.74) is 4.91. The molecular weight excluding hydrogens is 540 g/mol. The van der Waals surface area contributed by atoms with Crippen LogP contribution >= 0.6 is 0 Å². The minimum atomic E-state index is -2.74. The van der Waals surface area contributed by atoms with E-state index in [1.807, 2.05) is 51.2 Å². The molecule has 1 amide bonds. The molecule has 224 valence electrons. The minimum absolute atomic E-state index is 0.00112. The highest BCUT2D eigenvalue weighted by Gasteiger charge is 2.69. The number of phenols is 1. The summed E-state index contributed by atoms with van der Waals surface area (Å²) < 4.78 is 0. The molecular formula is C31H38N4O7. The number of Topliss-reactive ketones (excluding diaryl/α,β-unsaturated/α-hetero) is 4. The maximum atomic E-state index is 14.2. The number of likely N-dealkylation sites (N-methyl/N-ethyl adjacent to an activating group) is 1. The first-order valence-corrected chi connectivity index (χ1v) is 14.2. The van der Waals surface area contributed by atoms with Gasteiger partial charge in [0.15, 0.2) is 34.7 Å². The number of ketones is 4. The van der Waals surface area contributed by atoms with Gasteiger partial charge in [0.2, 0.25) is 5.91 Å². The SMILES string of the molecule is CCN(C)Cc1ccc2c(N(C)C)c3c(c(O)c2c1)C(=O)C1C(=O)[C@]2(O)C(=O)C(C(N)=O)C(=O)[C@@H](N(C)C)[C@@H]2C[C@@H]1C3. The number of hydrogen-bond acceptors (Lipinski definition) is 10. The topological polar surface area (TPSA) is 162 Å². The predicted molar refractivity (Wildman–Crippen MR) is 155 cm³/mol. The van der Waals surface area contributed by atoms with E-state index < -0.39 is 64.4 Å². The Morgan fingerprint density at radius 3 is 2.29 bits per heavy atom. The largest absolute Gasteiger partial charge is 0.507 e. The average molecular weight is 579 g/mol. The fourth-order valence-electron chi connectivity index (χ4n) is 7.53. The van der Waals surface area contributed by atoms with E-state index in [0.717, 1.165) is 23.2 Å². The quantitative estimate of drug-likeness (QED) is 0.413. The van der Waals surface area contributed by atoms with Gasteiger partial charge in [-0.3, -0.25) is 28.9 Å². The van der Waals surface area contributed by atoms with Crippen LogP contribution in [-0.4, -0.2) is 102 Å². The molecule has 0 heterocycles. The number of benzene rings is 2. The number of nitrogens with two attached hydrogens (primary N) is 1. The lowest BCUT2D eigenvalue weighted by Crippen LogP contribution is -2.74. The molecule has 0 saturated heterocycles. The molecule has 2 unspecified atom stereocenters. The molecule has 2 aromatic carbocycles. The fourth-order valence-corrected chi connectivity index (χ4v) is 7.53. The minimum Gasteiger partial charge on any atom is -0.507 e. The molecule has 11 heteroatoms. The number of aromatic hydroxyl groups is 1. The molecule has 0 radical (unpaired) electrons. The van der Waals surface area contributed by atoms with Crippen molar-refractivity contribution in [3.63, 3.8) is 0 Å². The van der Waals surface area contributed by atoms with Crippen molar-refractivity contribution >= 4 is 45.5 Å². The molecule has 3 aliphatic rings. The molecule has 6 atom stereocenters. The van der Waals surface area contributed by atoms with Crippen LogP contribution in [0, 0.1) is 23.7 Å². The zero-order valence-corrected chi connectivity index (χ0v) is 24.8. The van der Waals surface area contributed by atoms with Gasteiger partial charge in [0.05, 0.1) is 17.5 Å². The van der Waals surface area contributed by atoms with Crippen LogP contribution in [0.1, 0.15) is 34.8 Å². The second-order valence-corrected chi connectivity index (χ2v) is 12.4. The highest BCUT2D eigenvalue weighted by Crippen LogP contribution is 2.53. The summed E-state index contributed by atoms with van der Waals surface area (Å²) in [5, 5.41) is 24.6. The highest BCUT2D eigenvalue weighted by atomic mass is 16.3.